The lowest BCUT2D eigenvalue weighted by Gasteiger charge is -2.34. The molecule has 0 saturated carbocycles. The number of nitrogens with one attached hydrogen (secondary N) is 1. The summed E-state index contributed by atoms with van der Waals surface area (Å²) in [5.74, 6) is 0.0910. The summed E-state index contributed by atoms with van der Waals surface area (Å²) in [6.45, 7) is 1.85. The van der Waals surface area contributed by atoms with E-state index in [0.29, 0.717) is 11.7 Å². The van der Waals surface area contributed by atoms with Gasteiger partial charge >= 0.3 is 0 Å². The van der Waals surface area contributed by atoms with Crippen molar-refractivity contribution in [2.45, 2.75) is 18.9 Å². The molecule has 1 saturated heterocycles. The van der Waals surface area contributed by atoms with Crippen molar-refractivity contribution in [3.05, 3.63) is 54.3 Å². The van der Waals surface area contributed by atoms with Gasteiger partial charge in [0.15, 0.2) is 0 Å². The predicted octanol–water partition coefficient (Wildman–Crippen LogP) is 3.61. The third-order valence-electron chi connectivity index (χ3n) is 3.94. The number of anilines is 2. The molecule has 1 aliphatic heterocycles. The van der Waals surface area contributed by atoms with Gasteiger partial charge in [0.25, 0.3) is 0 Å². The van der Waals surface area contributed by atoms with Crippen LogP contribution >= 0.6 is 0 Å². The Labute approximate surface area is 124 Å². The Balaban J connectivity index is 1.58. The molecular weight excluding hydrogens is 267 g/mol. The van der Waals surface area contributed by atoms with E-state index in [1.54, 1.807) is 24.3 Å². The van der Waals surface area contributed by atoms with Crippen LogP contribution in [0.4, 0.5) is 15.8 Å². The second kappa shape index (κ2) is 6.04. The number of nitrogens with zero attached hydrogens (tertiary/aromatic N) is 1. The van der Waals surface area contributed by atoms with Crippen LogP contribution < -0.4 is 10.2 Å². The van der Waals surface area contributed by atoms with Crippen LogP contribution in [0.2, 0.25) is 0 Å². The summed E-state index contributed by atoms with van der Waals surface area (Å²) in [7, 11) is 0. The second-order valence-electron chi connectivity index (χ2n) is 5.40. The molecule has 0 spiro atoms. The summed E-state index contributed by atoms with van der Waals surface area (Å²) >= 11 is 0. The molecule has 2 aromatic carbocycles. The smallest absolute Gasteiger partial charge is 0.146 e. The summed E-state index contributed by atoms with van der Waals surface area (Å²) in [4.78, 5) is 2.29. The molecule has 0 bridgehead atoms. The molecule has 0 aliphatic carbocycles. The minimum absolute atomic E-state index is 0.196. The van der Waals surface area contributed by atoms with Crippen LogP contribution in [0.1, 0.15) is 12.8 Å². The highest BCUT2D eigenvalue weighted by Crippen LogP contribution is 2.24. The van der Waals surface area contributed by atoms with Crippen molar-refractivity contribution in [3.8, 4) is 5.75 Å². The van der Waals surface area contributed by atoms with Gasteiger partial charge in [-0.25, -0.2) is 4.39 Å². The van der Waals surface area contributed by atoms with E-state index >= 15 is 0 Å². The zero-order valence-corrected chi connectivity index (χ0v) is 11.8. The van der Waals surface area contributed by atoms with E-state index in [0.717, 1.165) is 31.6 Å². The van der Waals surface area contributed by atoms with E-state index < -0.39 is 0 Å². The Morgan fingerprint density at radius 3 is 2.33 bits per heavy atom. The molecule has 2 aromatic rings. The quantitative estimate of drug-likeness (QED) is 0.904. The number of para-hydroxylation sites is 1. The number of halogens is 1. The van der Waals surface area contributed by atoms with Gasteiger partial charge in [0.1, 0.15) is 11.6 Å². The van der Waals surface area contributed by atoms with E-state index in [4.69, 9.17) is 0 Å². The molecule has 0 aromatic heterocycles. The summed E-state index contributed by atoms with van der Waals surface area (Å²) in [5.41, 5.74) is 1.71. The summed E-state index contributed by atoms with van der Waals surface area (Å²) in [6.07, 6.45) is 1.93. The number of phenolic OH excluding ortho intramolecular Hbond substituents is 1. The number of hydrogen-bond acceptors (Lipinski definition) is 3. The van der Waals surface area contributed by atoms with Gasteiger partial charge in [-0.1, -0.05) is 12.1 Å². The molecule has 3 nitrogen and oxygen atoms in total. The lowest BCUT2D eigenvalue weighted by molar-refractivity contribution is 0.475. The maximum absolute atomic E-state index is 13.6. The average molecular weight is 286 g/mol. The van der Waals surface area contributed by atoms with Gasteiger partial charge in [0, 0.05) is 24.8 Å². The molecule has 110 valence electrons. The highest BCUT2D eigenvalue weighted by Gasteiger charge is 2.20. The van der Waals surface area contributed by atoms with Crippen molar-refractivity contribution in [2.24, 2.45) is 0 Å². The first-order valence-corrected chi connectivity index (χ1v) is 7.27. The van der Waals surface area contributed by atoms with Crippen molar-refractivity contribution >= 4 is 11.4 Å². The molecular formula is C17H19FN2O. The molecule has 4 heteroatoms. The number of rotatable bonds is 3. The van der Waals surface area contributed by atoms with E-state index in [2.05, 4.69) is 10.2 Å². The Bertz CT molecular complexity index is 592. The lowest BCUT2D eigenvalue weighted by Crippen LogP contribution is -2.39. The molecule has 21 heavy (non-hydrogen) atoms. The fraction of sp³-hybridized carbons (Fsp3) is 0.294. The third-order valence-corrected chi connectivity index (χ3v) is 3.94. The van der Waals surface area contributed by atoms with Crippen molar-refractivity contribution < 1.29 is 9.50 Å². The van der Waals surface area contributed by atoms with Crippen molar-refractivity contribution in [1.29, 1.82) is 0 Å². The van der Waals surface area contributed by atoms with Crippen LogP contribution in [0.5, 0.6) is 5.75 Å². The van der Waals surface area contributed by atoms with Crippen molar-refractivity contribution in [3.63, 3.8) is 0 Å². The molecule has 0 amide bonds. The van der Waals surface area contributed by atoms with Crippen molar-refractivity contribution in [2.75, 3.05) is 23.3 Å². The van der Waals surface area contributed by atoms with Crippen LogP contribution in [0.3, 0.4) is 0 Å². The molecule has 0 radical (unpaired) electrons. The Kier molecular flexibility index (Phi) is 3.95. The van der Waals surface area contributed by atoms with E-state index in [1.807, 2.05) is 18.2 Å². The van der Waals surface area contributed by atoms with Gasteiger partial charge < -0.3 is 15.3 Å². The van der Waals surface area contributed by atoms with Crippen molar-refractivity contribution in [1.82, 2.24) is 0 Å². The topological polar surface area (TPSA) is 35.5 Å². The summed E-state index contributed by atoms with van der Waals surface area (Å²) in [6, 6.07) is 14.4. The van der Waals surface area contributed by atoms with Gasteiger partial charge in [-0.3, -0.25) is 0 Å². The lowest BCUT2D eigenvalue weighted by atomic mass is 10.0. The Morgan fingerprint density at radius 1 is 1.00 bits per heavy atom. The Hall–Kier alpha value is -2.23. The molecule has 3 rings (SSSR count). The van der Waals surface area contributed by atoms with E-state index in [-0.39, 0.29) is 11.6 Å². The number of aromatic hydroxyl groups is 1. The number of piperidine rings is 1. The molecule has 1 heterocycles. The first kappa shape index (κ1) is 13.7. The SMILES string of the molecule is Oc1ccc(N2CCC(Nc3ccccc3F)CC2)cc1. The largest absolute Gasteiger partial charge is 0.508 e. The van der Waals surface area contributed by atoms with E-state index in [1.165, 1.54) is 6.07 Å². The predicted molar refractivity (Wildman–Crippen MR) is 83.4 cm³/mol. The van der Waals surface area contributed by atoms with E-state index in [9.17, 15) is 9.50 Å². The van der Waals surface area contributed by atoms with Crippen LogP contribution in [0, 0.1) is 5.82 Å². The minimum Gasteiger partial charge on any atom is -0.508 e. The fourth-order valence-electron chi connectivity index (χ4n) is 2.74. The standard InChI is InChI=1S/C17H19FN2O/c18-16-3-1-2-4-17(16)19-13-9-11-20(12-10-13)14-5-7-15(21)8-6-14/h1-8,13,19,21H,9-12H2. The van der Waals surface area contributed by atoms with Gasteiger partial charge in [-0.05, 0) is 49.2 Å². The molecule has 2 N–H and O–H groups in total. The maximum atomic E-state index is 13.6. The maximum Gasteiger partial charge on any atom is 0.146 e. The zero-order chi connectivity index (χ0) is 14.7. The first-order valence-electron chi connectivity index (χ1n) is 7.27. The minimum atomic E-state index is -0.196. The average Bonchev–Trinajstić information content (AvgIpc) is 2.51. The number of benzene rings is 2. The number of phenols is 1. The van der Waals surface area contributed by atoms with Gasteiger partial charge in [-0.2, -0.15) is 0 Å². The molecule has 1 aliphatic rings. The molecule has 1 fully saturated rings. The third kappa shape index (κ3) is 3.27. The van der Waals surface area contributed by atoms with Crippen LogP contribution in [-0.2, 0) is 0 Å². The summed E-state index contributed by atoms with van der Waals surface area (Å²) in [5, 5.41) is 12.6. The fourth-order valence-corrected chi connectivity index (χ4v) is 2.74. The molecule has 0 unspecified atom stereocenters. The number of hydrogen-bond donors (Lipinski definition) is 2. The zero-order valence-electron chi connectivity index (χ0n) is 11.8. The van der Waals surface area contributed by atoms with Crippen LogP contribution in [-0.4, -0.2) is 24.2 Å². The van der Waals surface area contributed by atoms with Crippen LogP contribution in [0.15, 0.2) is 48.5 Å². The van der Waals surface area contributed by atoms with Gasteiger partial charge in [0.2, 0.25) is 0 Å². The molecule has 0 atom stereocenters. The first-order chi connectivity index (χ1) is 10.2. The van der Waals surface area contributed by atoms with Gasteiger partial charge in [0.05, 0.1) is 5.69 Å². The Morgan fingerprint density at radius 2 is 1.67 bits per heavy atom. The normalized spacial score (nSPS) is 16.0. The second-order valence-corrected chi connectivity index (χ2v) is 5.40. The highest BCUT2D eigenvalue weighted by molar-refractivity contribution is 5.50. The monoisotopic (exact) mass is 286 g/mol. The van der Waals surface area contributed by atoms with Gasteiger partial charge in [-0.15, -0.1) is 0 Å². The highest BCUT2D eigenvalue weighted by atomic mass is 19.1. The summed E-state index contributed by atoms with van der Waals surface area (Å²) < 4.78 is 13.6. The van der Waals surface area contributed by atoms with Crippen LogP contribution in [0.25, 0.3) is 0 Å².